The number of hydrogen-bond donors (Lipinski definition) is 1. The summed E-state index contributed by atoms with van der Waals surface area (Å²) in [7, 11) is 0. The topological polar surface area (TPSA) is 42.2 Å². The largest absolute Gasteiger partial charge is 0.469 e. The fraction of sp³-hybridized carbons (Fsp3) is 0.375. The number of furan rings is 1. The molecule has 12 heavy (non-hydrogen) atoms. The smallest absolute Gasteiger partial charge is 0.230 e. The molecule has 0 aromatic carbocycles. The molecule has 1 aromatic rings. The van der Waals surface area contributed by atoms with Gasteiger partial charge in [0.1, 0.15) is 5.76 Å². The van der Waals surface area contributed by atoms with Gasteiger partial charge in [-0.15, -0.1) is 11.8 Å². The highest BCUT2D eigenvalue weighted by atomic mass is 32.2. The molecule has 4 heteroatoms. The monoisotopic (exact) mass is 183 g/mol. The molecule has 1 aliphatic rings. The Morgan fingerprint density at radius 2 is 2.67 bits per heavy atom. The lowest BCUT2D eigenvalue weighted by molar-refractivity contribution is -0.118. The summed E-state index contributed by atoms with van der Waals surface area (Å²) >= 11 is 1.63. The molecule has 1 N–H and O–H groups in total. The molecule has 0 radical (unpaired) electrons. The molecular weight excluding hydrogens is 174 g/mol. The molecule has 1 atom stereocenters. The highest BCUT2D eigenvalue weighted by Gasteiger charge is 2.21. The van der Waals surface area contributed by atoms with Crippen LogP contribution in [0.25, 0.3) is 0 Å². The molecule has 1 saturated heterocycles. The van der Waals surface area contributed by atoms with Crippen LogP contribution in [-0.2, 0) is 11.2 Å². The number of hydrogen-bond acceptors (Lipinski definition) is 3. The third-order valence-electron chi connectivity index (χ3n) is 1.70. The summed E-state index contributed by atoms with van der Waals surface area (Å²) in [6.45, 7) is 0. The van der Waals surface area contributed by atoms with E-state index in [1.165, 1.54) is 0 Å². The van der Waals surface area contributed by atoms with Crippen molar-refractivity contribution in [3.63, 3.8) is 0 Å². The van der Waals surface area contributed by atoms with Gasteiger partial charge in [-0.05, 0) is 12.1 Å². The average molecular weight is 183 g/mol. The molecule has 0 bridgehead atoms. The van der Waals surface area contributed by atoms with Crippen molar-refractivity contribution in [3.05, 3.63) is 24.2 Å². The van der Waals surface area contributed by atoms with E-state index in [-0.39, 0.29) is 11.3 Å². The lowest BCUT2D eigenvalue weighted by atomic mass is 10.3. The third kappa shape index (κ3) is 1.64. The van der Waals surface area contributed by atoms with Gasteiger partial charge in [0, 0.05) is 6.42 Å². The fourth-order valence-corrected chi connectivity index (χ4v) is 2.09. The van der Waals surface area contributed by atoms with E-state index >= 15 is 0 Å². The SMILES string of the molecule is O=C1CSC(Cc2ccco2)N1. The van der Waals surface area contributed by atoms with Gasteiger partial charge in [-0.25, -0.2) is 0 Å². The number of rotatable bonds is 2. The number of amides is 1. The van der Waals surface area contributed by atoms with Gasteiger partial charge in [0.2, 0.25) is 5.91 Å². The quantitative estimate of drug-likeness (QED) is 0.744. The Labute approximate surface area is 74.5 Å². The van der Waals surface area contributed by atoms with Crippen LogP contribution in [0.3, 0.4) is 0 Å². The van der Waals surface area contributed by atoms with E-state index in [1.54, 1.807) is 18.0 Å². The summed E-state index contributed by atoms with van der Waals surface area (Å²) < 4.78 is 5.17. The Hall–Kier alpha value is -0.900. The van der Waals surface area contributed by atoms with Gasteiger partial charge in [-0.1, -0.05) is 0 Å². The van der Waals surface area contributed by atoms with E-state index in [1.807, 2.05) is 12.1 Å². The van der Waals surface area contributed by atoms with Crippen molar-refractivity contribution < 1.29 is 9.21 Å². The molecule has 0 spiro atoms. The molecule has 0 aliphatic carbocycles. The van der Waals surface area contributed by atoms with Crippen LogP contribution in [0.1, 0.15) is 5.76 Å². The van der Waals surface area contributed by atoms with Gasteiger partial charge >= 0.3 is 0 Å². The predicted molar refractivity (Wildman–Crippen MR) is 46.8 cm³/mol. The van der Waals surface area contributed by atoms with Crippen LogP contribution in [0.5, 0.6) is 0 Å². The molecule has 1 aliphatic heterocycles. The molecule has 64 valence electrons. The number of carbonyl (C=O) groups excluding carboxylic acids is 1. The summed E-state index contributed by atoms with van der Waals surface area (Å²) in [5.74, 6) is 1.62. The molecule has 1 aromatic heterocycles. The van der Waals surface area contributed by atoms with E-state index < -0.39 is 0 Å². The second kappa shape index (κ2) is 3.23. The number of thioether (sulfide) groups is 1. The normalized spacial score (nSPS) is 22.7. The van der Waals surface area contributed by atoms with Crippen LogP contribution in [0.15, 0.2) is 22.8 Å². The van der Waals surface area contributed by atoms with Crippen LogP contribution in [0, 0.1) is 0 Å². The second-order valence-corrected chi connectivity index (χ2v) is 3.84. The molecule has 2 rings (SSSR count). The first-order valence-electron chi connectivity index (χ1n) is 3.78. The van der Waals surface area contributed by atoms with Gasteiger partial charge < -0.3 is 9.73 Å². The first-order chi connectivity index (χ1) is 5.84. The van der Waals surface area contributed by atoms with E-state index in [4.69, 9.17) is 4.42 Å². The van der Waals surface area contributed by atoms with Gasteiger partial charge in [0.25, 0.3) is 0 Å². The van der Waals surface area contributed by atoms with Crippen molar-refractivity contribution >= 4 is 17.7 Å². The first kappa shape index (κ1) is 7.73. The lowest BCUT2D eigenvalue weighted by Crippen LogP contribution is -2.26. The van der Waals surface area contributed by atoms with Crippen LogP contribution in [0.4, 0.5) is 0 Å². The van der Waals surface area contributed by atoms with Crippen LogP contribution >= 0.6 is 11.8 Å². The molecule has 3 nitrogen and oxygen atoms in total. The minimum absolute atomic E-state index is 0.122. The zero-order chi connectivity index (χ0) is 8.39. The highest BCUT2D eigenvalue weighted by Crippen LogP contribution is 2.19. The molecule has 0 saturated carbocycles. The molecular formula is C8H9NO2S. The Balaban J connectivity index is 1.92. The predicted octanol–water partition coefficient (Wildman–Crippen LogP) is 1.01. The summed E-state index contributed by atoms with van der Waals surface area (Å²) in [5, 5.41) is 3.05. The maximum atomic E-state index is 10.8. The highest BCUT2D eigenvalue weighted by molar-refractivity contribution is 8.01. The zero-order valence-corrected chi connectivity index (χ0v) is 7.26. The van der Waals surface area contributed by atoms with E-state index in [2.05, 4.69) is 5.32 Å². The van der Waals surface area contributed by atoms with Crippen LogP contribution in [-0.4, -0.2) is 17.0 Å². The third-order valence-corrected chi connectivity index (χ3v) is 2.82. The molecule has 1 unspecified atom stereocenters. The van der Waals surface area contributed by atoms with Crippen molar-refractivity contribution in [1.29, 1.82) is 0 Å². The molecule has 1 amide bonds. The maximum Gasteiger partial charge on any atom is 0.230 e. The average Bonchev–Trinajstić information content (AvgIpc) is 2.63. The van der Waals surface area contributed by atoms with Crippen molar-refractivity contribution in [2.75, 3.05) is 5.75 Å². The van der Waals surface area contributed by atoms with Crippen molar-refractivity contribution in [1.82, 2.24) is 5.32 Å². The molecule has 1 fully saturated rings. The van der Waals surface area contributed by atoms with E-state index in [0.29, 0.717) is 5.75 Å². The fourth-order valence-electron chi connectivity index (χ4n) is 1.16. The zero-order valence-electron chi connectivity index (χ0n) is 6.45. The van der Waals surface area contributed by atoms with Crippen molar-refractivity contribution in [3.8, 4) is 0 Å². The van der Waals surface area contributed by atoms with Gasteiger partial charge in [-0.3, -0.25) is 4.79 Å². The van der Waals surface area contributed by atoms with E-state index in [0.717, 1.165) is 12.2 Å². The Morgan fingerprint density at radius 1 is 1.75 bits per heavy atom. The Morgan fingerprint density at radius 3 is 3.25 bits per heavy atom. The van der Waals surface area contributed by atoms with Crippen molar-refractivity contribution in [2.24, 2.45) is 0 Å². The summed E-state index contributed by atoms with van der Waals surface area (Å²) in [4.78, 5) is 10.8. The number of nitrogens with one attached hydrogen (secondary N) is 1. The standard InChI is InChI=1S/C8H9NO2S/c10-7-5-12-8(9-7)4-6-2-1-3-11-6/h1-3,8H,4-5H2,(H,9,10). The van der Waals surface area contributed by atoms with Crippen LogP contribution < -0.4 is 5.32 Å². The lowest BCUT2D eigenvalue weighted by Gasteiger charge is -2.05. The van der Waals surface area contributed by atoms with Gasteiger partial charge in [-0.2, -0.15) is 0 Å². The van der Waals surface area contributed by atoms with Crippen molar-refractivity contribution in [2.45, 2.75) is 11.8 Å². The van der Waals surface area contributed by atoms with Gasteiger partial charge in [0.05, 0.1) is 17.4 Å². The minimum Gasteiger partial charge on any atom is -0.469 e. The van der Waals surface area contributed by atoms with Gasteiger partial charge in [0.15, 0.2) is 0 Å². The maximum absolute atomic E-state index is 10.8. The Kier molecular flexibility index (Phi) is 2.08. The molecule has 2 heterocycles. The van der Waals surface area contributed by atoms with E-state index in [9.17, 15) is 4.79 Å². The first-order valence-corrected chi connectivity index (χ1v) is 4.83. The summed E-state index contributed by atoms with van der Waals surface area (Å²) in [5.41, 5.74) is 0. The second-order valence-electron chi connectivity index (χ2n) is 2.65. The number of carbonyl (C=O) groups is 1. The van der Waals surface area contributed by atoms with Crippen LogP contribution in [0.2, 0.25) is 0 Å². The minimum atomic E-state index is 0.122. The summed E-state index contributed by atoms with van der Waals surface area (Å²) in [6.07, 6.45) is 2.43. The summed E-state index contributed by atoms with van der Waals surface area (Å²) in [6, 6.07) is 3.78. The Bertz CT molecular complexity index is 271.